The lowest BCUT2D eigenvalue weighted by Crippen LogP contribution is -2.44. The molecule has 1 N–H and O–H groups in total. The highest BCUT2D eigenvalue weighted by molar-refractivity contribution is 9.10. The highest BCUT2D eigenvalue weighted by Gasteiger charge is 2.26. The van der Waals surface area contributed by atoms with Crippen molar-refractivity contribution in [3.8, 4) is 6.07 Å². The predicted molar refractivity (Wildman–Crippen MR) is 72.7 cm³/mol. The number of nitrogens with zero attached hydrogens (tertiary/aromatic N) is 1. The lowest BCUT2D eigenvalue weighted by atomic mass is 9.90. The van der Waals surface area contributed by atoms with Crippen LogP contribution in [0.15, 0.2) is 15.9 Å². The summed E-state index contributed by atoms with van der Waals surface area (Å²) in [7, 11) is 0. The van der Waals surface area contributed by atoms with Crippen LogP contribution < -0.4 is 5.32 Å². The summed E-state index contributed by atoms with van der Waals surface area (Å²) in [5, 5.41) is 14.3. The molecule has 0 aliphatic carbocycles. The third-order valence-electron chi connectivity index (χ3n) is 2.49. The van der Waals surface area contributed by atoms with Gasteiger partial charge in [0, 0.05) is 26.7 Å². The molecule has 16 heavy (non-hydrogen) atoms. The highest BCUT2D eigenvalue weighted by atomic mass is 79.9. The standard InChI is InChI=1S/C12H17BrN2S/c1-11(2,8-15-12(3,4)7-14)10-5-9(13)6-16-10/h5-6,15H,8H2,1-4H3. The first-order valence-corrected chi connectivity index (χ1v) is 6.85. The normalized spacial score (nSPS) is 12.5. The summed E-state index contributed by atoms with van der Waals surface area (Å²) >= 11 is 5.21. The molecule has 1 rings (SSSR count). The van der Waals surface area contributed by atoms with Crippen molar-refractivity contribution in [3.05, 3.63) is 20.8 Å². The molecule has 0 saturated carbocycles. The number of halogens is 1. The van der Waals surface area contributed by atoms with Crippen LogP contribution in [0.4, 0.5) is 0 Å². The topological polar surface area (TPSA) is 35.8 Å². The quantitative estimate of drug-likeness (QED) is 0.921. The van der Waals surface area contributed by atoms with E-state index < -0.39 is 5.54 Å². The molecule has 0 bridgehead atoms. The molecule has 4 heteroatoms. The third kappa shape index (κ3) is 3.58. The minimum Gasteiger partial charge on any atom is -0.299 e. The van der Waals surface area contributed by atoms with Gasteiger partial charge in [-0.25, -0.2) is 0 Å². The largest absolute Gasteiger partial charge is 0.299 e. The van der Waals surface area contributed by atoms with Crippen LogP contribution in [0.2, 0.25) is 0 Å². The Hall–Kier alpha value is -0.370. The van der Waals surface area contributed by atoms with Gasteiger partial charge in [-0.2, -0.15) is 5.26 Å². The maximum absolute atomic E-state index is 8.95. The van der Waals surface area contributed by atoms with Crippen molar-refractivity contribution in [2.75, 3.05) is 6.54 Å². The van der Waals surface area contributed by atoms with Crippen LogP contribution in [0, 0.1) is 11.3 Å². The first kappa shape index (κ1) is 13.7. The summed E-state index contributed by atoms with van der Waals surface area (Å²) in [5.41, 5.74) is -0.420. The van der Waals surface area contributed by atoms with Gasteiger partial charge in [0.1, 0.15) is 5.54 Å². The van der Waals surface area contributed by atoms with Crippen LogP contribution in [0.3, 0.4) is 0 Å². The summed E-state index contributed by atoms with van der Waals surface area (Å²) < 4.78 is 1.13. The molecule has 0 aliphatic rings. The summed E-state index contributed by atoms with van der Waals surface area (Å²) in [4.78, 5) is 1.32. The van der Waals surface area contributed by atoms with Gasteiger partial charge in [-0.1, -0.05) is 13.8 Å². The molecule has 0 radical (unpaired) electrons. The Labute approximate surface area is 110 Å². The number of thiophene rings is 1. The van der Waals surface area contributed by atoms with E-state index in [2.05, 4.69) is 52.6 Å². The highest BCUT2D eigenvalue weighted by Crippen LogP contribution is 2.31. The maximum atomic E-state index is 8.95. The zero-order valence-corrected chi connectivity index (χ0v) is 12.5. The van der Waals surface area contributed by atoms with Gasteiger partial charge in [-0.15, -0.1) is 11.3 Å². The van der Waals surface area contributed by atoms with E-state index in [4.69, 9.17) is 5.26 Å². The second-order valence-corrected chi connectivity index (χ2v) is 6.93. The van der Waals surface area contributed by atoms with Gasteiger partial charge in [-0.05, 0) is 35.8 Å². The molecular weight excluding hydrogens is 284 g/mol. The molecule has 0 aromatic carbocycles. The molecule has 0 amide bonds. The van der Waals surface area contributed by atoms with E-state index in [0.717, 1.165) is 11.0 Å². The molecule has 0 unspecified atom stereocenters. The lowest BCUT2D eigenvalue weighted by Gasteiger charge is -2.28. The van der Waals surface area contributed by atoms with E-state index in [0.29, 0.717) is 0 Å². The Morgan fingerprint density at radius 3 is 2.50 bits per heavy atom. The van der Waals surface area contributed by atoms with Gasteiger partial charge >= 0.3 is 0 Å². The molecule has 0 fully saturated rings. The molecule has 0 spiro atoms. The molecule has 1 aromatic rings. The van der Waals surface area contributed by atoms with Crippen LogP contribution in [0.1, 0.15) is 32.6 Å². The van der Waals surface area contributed by atoms with E-state index in [1.807, 2.05) is 13.8 Å². The Bertz CT molecular complexity index is 401. The first-order valence-electron chi connectivity index (χ1n) is 5.18. The molecule has 1 aromatic heterocycles. The van der Waals surface area contributed by atoms with Crippen molar-refractivity contribution < 1.29 is 0 Å². The average Bonchev–Trinajstić information content (AvgIpc) is 2.63. The van der Waals surface area contributed by atoms with Crippen molar-refractivity contribution in [2.24, 2.45) is 0 Å². The zero-order valence-electron chi connectivity index (χ0n) is 10.1. The van der Waals surface area contributed by atoms with Crippen molar-refractivity contribution in [1.82, 2.24) is 5.32 Å². The fourth-order valence-corrected chi connectivity index (χ4v) is 2.79. The summed E-state index contributed by atoms with van der Waals surface area (Å²) in [6.45, 7) is 8.96. The van der Waals surface area contributed by atoms with Crippen LogP contribution in [0.25, 0.3) is 0 Å². The number of hydrogen-bond acceptors (Lipinski definition) is 3. The van der Waals surface area contributed by atoms with E-state index in [1.165, 1.54) is 4.88 Å². The molecule has 88 valence electrons. The van der Waals surface area contributed by atoms with Crippen molar-refractivity contribution >= 4 is 27.3 Å². The van der Waals surface area contributed by atoms with Gasteiger partial charge in [0.15, 0.2) is 0 Å². The van der Waals surface area contributed by atoms with E-state index >= 15 is 0 Å². The van der Waals surface area contributed by atoms with Crippen LogP contribution >= 0.6 is 27.3 Å². The van der Waals surface area contributed by atoms with Gasteiger partial charge in [-0.3, -0.25) is 5.32 Å². The molecule has 0 saturated heterocycles. The zero-order chi connectivity index (χ0) is 12.4. The monoisotopic (exact) mass is 300 g/mol. The summed E-state index contributed by atoms with van der Waals surface area (Å²) in [5.74, 6) is 0. The summed E-state index contributed by atoms with van der Waals surface area (Å²) in [6, 6.07) is 4.40. The predicted octanol–water partition coefficient (Wildman–Crippen LogP) is 3.68. The lowest BCUT2D eigenvalue weighted by molar-refractivity contribution is 0.401. The van der Waals surface area contributed by atoms with Gasteiger partial charge in [0.05, 0.1) is 6.07 Å². The molecule has 0 aliphatic heterocycles. The van der Waals surface area contributed by atoms with Crippen molar-refractivity contribution in [1.29, 1.82) is 5.26 Å². The smallest absolute Gasteiger partial charge is 0.101 e. The average molecular weight is 301 g/mol. The maximum Gasteiger partial charge on any atom is 0.101 e. The van der Waals surface area contributed by atoms with E-state index in [9.17, 15) is 0 Å². The molecule has 2 nitrogen and oxygen atoms in total. The Balaban J connectivity index is 2.70. The fourth-order valence-electron chi connectivity index (χ4n) is 1.24. The molecule has 1 heterocycles. The second-order valence-electron chi connectivity index (χ2n) is 5.10. The minimum atomic E-state index is -0.467. The van der Waals surface area contributed by atoms with Crippen LogP contribution in [-0.4, -0.2) is 12.1 Å². The van der Waals surface area contributed by atoms with Crippen LogP contribution in [0.5, 0.6) is 0 Å². The number of nitriles is 1. The van der Waals surface area contributed by atoms with Crippen molar-refractivity contribution in [3.63, 3.8) is 0 Å². The van der Waals surface area contributed by atoms with Gasteiger partial charge in [0.25, 0.3) is 0 Å². The fraction of sp³-hybridized carbons (Fsp3) is 0.583. The number of rotatable bonds is 4. The van der Waals surface area contributed by atoms with Crippen molar-refractivity contribution in [2.45, 2.75) is 38.6 Å². The Morgan fingerprint density at radius 1 is 1.44 bits per heavy atom. The molecular formula is C12H17BrN2S. The Kier molecular flexibility index (Phi) is 4.17. The van der Waals surface area contributed by atoms with E-state index in [-0.39, 0.29) is 5.41 Å². The molecule has 0 atom stereocenters. The number of nitrogens with one attached hydrogen (secondary N) is 1. The third-order valence-corrected chi connectivity index (χ3v) is 4.54. The van der Waals surface area contributed by atoms with Gasteiger partial charge in [0.2, 0.25) is 0 Å². The SMILES string of the molecule is CC(C)(C#N)NCC(C)(C)c1cc(Br)cs1. The van der Waals surface area contributed by atoms with Crippen LogP contribution in [-0.2, 0) is 5.41 Å². The second kappa shape index (κ2) is 4.87. The van der Waals surface area contributed by atoms with Gasteiger partial charge < -0.3 is 0 Å². The van der Waals surface area contributed by atoms with E-state index in [1.54, 1.807) is 11.3 Å². The first-order chi connectivity index (χ1) is 7.27. The minimum absolute atomic E-state index is 0.0464. The Morgan fingerprint density at radius 2 is 2.06 bits per heavy atom. The summed E-state index contributed by atoms with van der Waals surface area (Å²) in [6.07, 6.45) is 0. The number of hydrogen-bond donors (Lipinski definition) is 1.